The van der Waals surface area contributed by atoms with Gasteiger partial charge >= 0.3 is 11.9 Å². The fourth-order valence-corrected chi connectivity index (χ4v) is 2.03. The molecule has 0 bridgehead atoms. The molecule has 1 fully saturated rings. The number of allylic oxidation sites excluding steroid dienone is 3. The van der Waals surface area contributed by atoms with Crippen LogP contribution in [0.15, 0.2) is 23.8 Å². The molecule has 1 aliphatic heterocycles. The minimum atomic E-state index is -1.67. The van der Waals surface area contributed by atoms with E-state index in [4.69, 9.17) is 19.7 Å². The number of aliphatic carboxylic acids is 1. The van der Waals surface area contributed by atoms with Gasteiger partial charge in [0.2, 0.25) is 6.29 Å². The molecule has 1 saturated heterocycles. The first-order valence-electron chi connectivity index (χ1n) is 7.76. The molecule has 1 aliphatic rings. The van der Waals surface area contributed by atoms with Gasteiger partial charge in [0.05, 0.1) is 12.5 Å². The normalized spacial score (nSPS) is 31.8. The molecule has 0 aromatic rings. The Bertz CT molecular complexity index is 526. The van der Waals surface area contributed by atoms with Gasteiger partial charge in [0, 0.05) is 5.57 Å². The first-order chi connectivity index (χ1) is 11.7. The maximum absolute atomic E-state index is 12.0. The number of aliphatic hydroxyl groups excluding tert-OH is 4. The summed E-state index contributed by atoms with van der Waals surface area (Å²) >= 11 is 0. The Morgan fingerprint density at radius 3 is 2.40 bits per heavy atom. The molecule has 0 aromatic heterocycles. The van der Waals surface area contributed by atoms with E-state index in [0.29, 0.717) is 6.42 Å². The molecule has 1 heterocycles. The summed E-state index contributed by atoms with van der Waals surface area (Å²) in [4.78, 5) is 22.6. The van der Waals surface area contributed by atoms with Crippen molar-refractivity contribution in [2.75, 3.05) is 6.61 Å². The second kappa shape index (κ2) is 9.64. The van der Waals surface area contributed by atoms with Crippen LogP contribution < -0.4 is 0 Å². The molecular formula is C16H24O9. The highest BCUT2D eigenvalue weighted by molar-refractivity contribution is 5.88. The van der Waals surface area contributed by atoms with E-state index in [1.54, 1.807) is 13.0 Å². The Labute approximate surface area is 144 Å². The van der Waals surface area contributed by atoms with Gasteiger partial charge < -0.3 is 35.0 Å². The third kappa shape index (κ3) is 5.91. The first-order valence-corrected chi connectivity index (χ1v) is 7.76. The summed E-state index contributed by atoms with van der Waals surface area (Å²) in [5.74, 6) is -2.31. The zero-order valence-electron chi connectivity index (χ0n) is 14.0. The number of rotatable bonds is 7. The van der Waals surface area contributed by atoms with E-state index in [1.165, 1.54) is 19.1 Å². The molecule has 0 aromatic carbocycles. The van der Waals surface area contributed by atoms with Crippen LogP contribution >= 0.6 is 0 Å². The lowest BCUT2D eigenvalue weighted by molar-refractivity contribution is -0.291. The monoisotopic (exact) mass is 360 g/mol. The maximum atomic E-state index is 12.0. The number of aliphatic hydroxyl groups is 4. The lowest BCUT2D eigenvalue weighted by Crippen LogP contribution is -2.59. The van der Waals surface area contributed by atoms with Crippen molar-refractivity contribution in [3.63, 3.8) is 0 Å². The van der Waals surface area contributed by atoms with E-state index in [-0.39, 0.29) is 5.57 Å². The summed E-state index contributed by atoms with van der Waals surface area (Å²) in [6.45, 7) is 2.37. The van der Waals surface area contributed by atoms with E-state index in [2.05, 4.69) is 0 Å². The molecule has 25 heavy (non-hydrogen) atoms. The Morgan fingerprint density at radius 2 is 1.84 bits per heavy atom. The van der Waals surface area contributed by atoms with Gasteiger partial charge in [-0.2, -0.15) is 0 Å². The van der Waals surface area contributed by atoms with Crippen molar-refractivity contribution in [2.45, 2.75) is 51.0 Å². The van der Waals surface area contributed by atoms with Crippen LogP contribution in [0.2, 0.25) is 0 Å². The molecule has 6 atom stereocenters. The van der Waals surface area contributed by atoms with Gasteiger partial charge in [-0.05, 0) is 13.3 Å². The Hall–Kier alpha value is -1.78. The van der Waals surface area contributed by atoms with Crippen molar-refractivity contribution in [3.8, 4) is 0 Å². The fraction of sp³-hybridized carbons (Fsp3) is 0.625. The van der Waals surface area contributed by atoms with Crippen LogP contribution in [0.25, 0.3) is 0 Å². The van der Waals surface area contributed by atoms with Gasteiger partial charge in [-0.25, -0.2) is 4.79 Å². The topological polar surface area (TPSA) is 154 Å². The molecular weight excluding hydrogens is 336 g/mol. The van der Waals surface area contributed by atoms with Crippen molar-refractivity contribution in [1.82, 2.24) is 0 Å². The SMILES string of the molecule is C/C(=C\C=C\CC(C)C(=O)O)C(=O)OC1OC(CO)C(O)C(O)C1O. The first kappa shape index (κ1) is 21.3. The second-order valence-electron chi connectivity index (χ2n) is 5.86. The minimum Gasteiger partial charge on any atom is -0.481 e. The lowest BCUT2D eigenvalue weighted by Gasteiger charge is -2.39. The average molecular weight is 360 g/mol. The molecule has 9 nitrogen and oxygen atoms in total. The van der Waals surface area contributed by atoms with Gasteiger partial charge in [0.25, 0.3) is 0 Å². The van der Waals surface area contributed by atoms with E-state index in [9.17, 15) is 24.9 Å². The number of hydrogen-bond donors (Lipinski definition) is 5. The summed E-state index contributed by atoms with van der Waals surface area (Å²) in [7, 11) is 0. The van der Waals surface area contributed by atoms with Gasteiger partial charge in [0.1, 0.15) is 24.4 Å². The van der Waals surface area contributed by atoms with Crippen LogP contribution in [0.3, 0.4) is 0 Å². The van der Waals surface area contributed by atoms with Crippen LogP contribution in [0.5, 0.6) is 0 Å². The van der Waals surface area contributed by atoms with Crippen molar-refractivity contribution in [1.29, 1.82) is 0 Å². The zero-order chi connectivity index (χ0) is 19.1. The van der Waals surface area contributed by atoms with Crippen LogP contribution in [0, 0.1) is 5.92 Å². The average Bonchev–Trinajstić information content (AvgIpc) is 2.58. The lowest BCUT2D eigenvalue weighted by atomic mass is 9.99. The van der Waals surface area contributed by atoms with Crippen LogP contribution in [0.4, 0.5) is 0 Å². The summed E-state index contributed by atoms with van der Waals surface area (Å²) in [5.41, 5.74) is 0.149. The van der Waals surface area contributed by atoms with Gasteiger partial charge in [-0.1, -0.05) is 25.2 Å². The predicted molar refractivity (Wildman–Crippen MR) is 84.2 cm³/mol. The van der Waals surface area contributed by atoms with Gasteiger partial charge in [0.15, 0.2) is 0 Å². The van der Waals surface area contributed by atoms with Gasteiger partial charge in [-0.15, -0.1) is 0 Å². The highest BCUT2D eigenvalue weighted by atomic mass is 16.7. The zero-order valence-corrected chi connectivity index (χ0v) is 14.0. The van der Waals surface area contributed by atoms with E-state index in [0.717, 1.165) is 0 Å². The molecule has 1 rings (SSSR count). The number of carboxylic acid groups (broad SMARTS) is 1. The largest absolute Gasteiger partial charge is 0.481 e. The highest BCUT2D eigenvalue weighted by Crippen LogP contribution is 2.22. The highest BCUT2D eigenvalue weighted by Gasteiger charge is 2.45. The second-order valence-corrected chi connectivity index (χ2v) is 5.86. The molecule has 0 saturated carbocycles. The van der Waals surface area contributed by atoms with E-state index in [1.807, 2.05) is 0 Å². The Morgan fingerprint density at radius 1 is 1.20 bits per heavy atom. The third-order valence-corrected chi connectivity index (χ3v) is 3.79. The molecule has 0 amide bonds. The van der Waals surface area contributed by atoms with Crippen LogP contribution in [-0.4, -0.2) is 74.8 Å². The van der Waals surface area contributed by atoms with Crippen LogP contribution in [0.1, 0.15) is 20.3 Å². The fourth-order valence-electron chi connectivity index (χ4n) is 2.03. The Balaban J connectivity index is 2.63. The molecule has 9 heteroatoms. The summed E-state index contributed by atoms with van der Waals surface area (Å²) < 4.78 is 10.0. The molecule has 142 valence electrons. The number of hydrogen-bond acceptors (Lipinski definition) is 8. The summed E-state index contributed by atoms with van der Waals surface area (Å²) in [6, 6.07) is 0. The van der Waals surface area contributed by atoms with Crippen molar-refractivity contribution >= 4 is 11.9 Å². The number of carboxylic acids is 1. The van der Waals surface area contributed by atoms with Crippen molar-refractivity contribution in [2.24, 2.45) is 5.92 Å². The smallest absolute Gasteiger partial charge is 0.336 e. The summed E-state index contributed by atoms with van der Waals surface area (Å²) in [6.07, 6.45) is -2.76. The quantitative estimate of drug-likeness (QED) is 0.217. The number of carbonyl (C=O) groups excluding carboxylic acids is 1. The minimum absolute atomic E-state index is 0.149. The van der Waals surface area contributed by atoms with E-state index < -0.39 is 55.2 Å². The number of ether oxygens (including phenoxy) is 2. The van der Waals surface area contributed by atoms with E-state index >= 15 is 0 Å². The third-order valence-electron chi connectivity index (χ3n) is 3.79. The predicted octanol–water partition coefficient (Wildman–Crippen LogP) is -1.06. The standard InChI is InChI=1S/C16H24O9/c1-8(14(21)22)5-3-4-6-9(2)15(23)25-16-13(20)12(19)11(18)10(7-17)24-16/h3-4,6,8,10-13,16-20H,5,7H2,1-2H3,(H,21,22)/b4-3+,9-6+. The number of carbonyl (C=O) groups is 2. The molecule has 0 spiro atoms. The summed E-state index contributed by atoms with van der Waals surface area (Å²) in [5, 5.41) is 46.9. The van der Waals surface area contributed by atoms with Crippen molar-refractivity contribution in [3.05, 3.63) is 23.8 Å². The van der Waals surface area contributed by atoms with Crippen LogP contribution in [-0.2, 0) is 19.1 Å². The molecule has 0 radical (unpaired) electrons. The molecule has 5 N–H and O–H groups in total. The molecule has 6 unspecified atom stereocenters. The Kier molecular flexibility index (Phi) is 8.20. The maximum Gasteiger partial charge on any atom is 0.336 e. The van der Waals surface area contributed by atoms with Crippen molar-refractivity contribution < 1.29 is 44.6 Å². The van der Waals surface area contributed by atoms with Gasteiger partial charge in [-0.3, -0.25) is 4.79 Å². The molecule has 0 aliphatic carbocycles. The number of esters is 1.